The normalized spacial score (nSPS) is 10.3. The van der Waals surface area contributed by atoms with Gasteiger partial charge in [0.2, 0.25) is 0 Å². The number of nitro benzene ring substituents is 1. The fourth-order valence-corrected chi connectivity index (χ4v) is 1.78. The third kappa shape index (κ3) is 1.30. The number of non-ortho nitro benzene ring substituents is 1. The summed E-state index contributed by atoms with van der Waals surface area (Å²) >= 11 is 0. The van der Waals surface area contributed by atoms with Gasteiger partial charge < -0.3 is 0 Å². The Morgan fingerprint density at radius 2 is 2.25 bits per heavy atom. The van der Waals surface area contributed by atoms with Crippen LogP contribution in [0.4, 0.5) is 5.69 Å². The highest BCUT2D eigenvalue weighted by Crippen LogP contribution is 2.29. The van der Waals surface area contributed by atoms with E-state index in [2.05, 4.69) is 5.10 Å². The van der Waals surface area contributed by atoms with Crippen LogP contribution in [-0.4, -0.2) is 14.7 Å². The fraction of sp³-hybridized carbons (Fsp3) is 0.200. The molecule has 6 heteroatoms. The number of rotatable bonds is 1. The molecule has 16 heavy (non-hydrogen) atoms. The smallest absolute Gasteiger partial charge is 0.267 e. The lowest BCUT2D eigenvalue weighted by Crippen LogP contribution is -1.93. The van der Waals surface area contributed by atoms with Gasteiger partial charge in [-0.15, -0.1) is 0 Å². The molecule has 0 amide bonds. The third-order valence-electron chi connectivity index (χ3n) is 2.43. The Balaban J connectivity index is 2.97. The maximum atomic E-state index is 10.9. The van der Waals surface area contributed by atoms with Gasteiger partial charge in [0.25, 0.3) is 5.69 Å². The Bertz CT molecular complexity index is 636. The van der Waals surface area contributed by atoms with Gasteiger partial charge in [0.05, 0.1) is 27.8 Å². The second-order valence-corrected chi connectivity index (χ2v) is 3.47. The number of hydrogen-bond donors (Lipinski definition) is 0. The van der Waals surface area contributed by atoms with Gasteiger partial charge in [-0.2, -0.15) is 10.4 Å². The number of aryl methyl sites for hydroxylation is 2. The van der Waals surface area contributed by atoms with E-state index in [1.807, 2.05) is 6.07 Å². The van der Waals surface area contributed by atoms with Gasteiger partial charge in [0.15, 0.2) is 0 Å². The first-order chi connectivity index (χ1) is 7.54. The number of nitrogens with zero attached hydrogens (tertiary/aromatic N) is 4. The van der Waals surface area contributed by atoms with Gasteiger partial charge in [-0.05, 0) is 13.0 Å². The molecule has 0 aliphatic carbocycles. The largest absolute Gasteiger partial charge is 0.281 e. The summed E-state index contributed by atoms with van der Waals surface area (Å²) in [6.45, 7) is 1.71. The van der Waals surface area contributed by atoms with Crippen molar-refractivity contribution in [2.24, 2.45) is 7.05 Å². The highest BCUT2D eigenvalue weighted by atomic mass is 16.6. The molecule has 1 aromatic heterocycles. The molecule has 1 heterocycles. The van der Waals surface area contributed by atoms with Crippen molar-refractivity contribution in [2.45, 2.75) is 6.92 Å². The lowest BCUT2D eigenvalue weighted by Gasteiger charge is -1.97. The topological polar surface area (TPSA) is 84.8 Å². The van der Waals surface area contributed by atoms with Crippen LogP contribution < -0.4 is 0 Å². The van der Waals surface area contributed by atoms with E-state index < -0.39 is 4.92 Å². The summed E-state index contributed by atoms with van der Waals surface area (Å²) in [4.78, 5) is 10.4. The van der Waals surface area contributed by atoms with E-state index in [1.54, 1.807) is 24.7 Å². The van der Waals surface area contributed by atoms with E-state index in [0.717, 1.165) is 0 Å². The molecule has 0 unspecified atom stereocenters. The predicted octanol–water partition coefficient (Wildman–Crippen LogP) is 1.66. The van der Waals surface area contributed by atoms with Crippen molar-refractivity contribution in [1.82, 2.24) is 9.78 Å². The molecular formula is C10H8N4O2. The predicted molar refractivity (Wildman–Crippen MR) is 56.8 cm³/mol. The van der Waals surface area contributed by atoms with E-state index in [4.69, 9.17) is 5.26 Å². The summed E-state index contributed by atoms with van der Waals surface area (Å²) in [5.74, 6) is 0. The minimum atomic E-state index is -0.488. The number of benzene rings is 1. The average molecular weight is 216 g/mol. The molecule has 0 aliphatic rings. The Kier molecular flexibility index (Phi) is 2.09. The number of fused-ring (bicyclic) bond motifs is 1. The second kappa shape index (κ2) is 3.31. The second-order valence-electron chi connectivity index (χ2n) is 3.47. The fourth-order valence-electron chi connectivity index (χ4n) is 1.78. The minimum Gasteiger partial charge on any atom is -0.267 e. The highest BCUT2D eigenvalue weighted by molar-refractivity contribution is 5.92. The molecule has 0 aliphatic heterocycles. The van der Waals surface area contributed by atoms with Crippen LogP contribution in [0.15, 0.2) is 12.1 Å². The summed E-state index contributed by atoms with van der Waals surface area (Å²) in [6.07, 6.45) is 0. The number of hydrogen-bond acceptors (Lipinski definition) is 4. The third-order valence-corrected chi connectivity index (χ3v) is 2.43. The molecule has 0 N–H and O–H groups in total. The monoisotopic (exact) mass is 216 g/mol. The molecule has 0 bridgehead atoms. The standard InChI is InChI=1S/C10H8N4O2/c1-6-10-8(13(2)12-6)3-7(5-11)4-9(10)14(15)16/h3-4H,1-2H3. The van der Waals surface area contributed by atoms with Crippen LogP contribution in [0.2, 0.25) is 0 Å². The van der Waals surface area contributed by atoms with Crippen LogP contribution in [0.5, 0.6) is 0 Å². The van der Waals surface area contributed by atoms with Gasteiger partial charge in [-0.1, -0.05) is 0 Å². The Labute approximate surface area is 90.9 Å². The van der Waals surface area contributed by atoms with Gasteiger partial charge in [0.1, 0.15) is 5.39 Å². The maximum absolute atomic E-state index is 10.9. The summed E-state index contributed by atoms with van der Waals surface area (Å²) in [7, 11) is 1.69. The van der Waals surface area contributed by atoms with Crippen LogP contribution in [0.1, 0.15) is 11.3 Å². The number of nitriles is 1. The molecule has 0 atom stereocenters. The molecule has 0 fully saturated rings. The van der Waals surface area contributed by atoms with E-state index in [9.17, 15) is 10.1 Å². The maximum Gasteiger partial charge on any atom is 0.281 e. The van der Waals surface area contributed by atoms with E-state index in [-0.39, 0.29) is 11.3 Å². The molecule has 0 saturated carbocycles. The van der Waals surface area contributed by atoms with Crippen LogP contribution in [0.3, 0.4) is 0 Å². The minimum absolute atomic E-state index is 0.0698. The zero-order chi connectivity index (χ0) is 11.9. The molecule has 0 saturated heterocycles. The van der Waals surface area contributed by atoms with Crippen molar-refractivity contribution >= 4 is 16.6 Å². The summed E-state index contributed by atoms with van der Waals surface area (Å²) in [6, 6.07) is 4.78. The average Bonchev–Trinajstić information content (AvgIpc) is 2.53. The van der Waals surface area contributed by atoms with Crippen LogP contribution in [0.25, 0.3) is 10.9 Å². The molecule has 2 aromatic rings. The lowest BCUT2D eigenvalue weighted by atomic mass is 10.1. The number of aromatic nitrogens is 2. The Hall–Kier alpha value is -2.42. The van der Waals surface area contributed by atoms with Gasteiger partial charge in [-0.25, -0.2) is 0 Å². The van der Waals surface area contributed by atoms with Crippen molar-refractivity contribution in [2.75, 3.05) is 0 Å². The quantitative estimate of drug-likeness (QED) is 0.536. The molecule has 0 spiro atoms. The van der Waals surface area contributed by atoms with Crippen molar-refractivity contribution in [3.63, 3.8) is 0 Å². The highest BCUT2D eigenvalue weighted by Gasteiger charge is 2.19. The lowest BCUT2D eigenvalue weighted by molar-refractivity contribution is -0.383. The summed E-state index contributed by atoms with van der Waals surface area (Å²) in [5.41, 5.74) is 1.39. The van der Waals surface area contributed by atoms with Gasteiger partial charge >= 0.3 is 0 Å². The van der Waals surface area contributed by atoms with Gasteiger partial charge in [0, 0.05) is 13.1 Å². The number of nitro groups is 1. The van der Waals surface area contributed by atoms with Crippen LogP contribution in [-0.2, 0) is 7.05 Å². The van der Waals surface area contributed by atoms with E-state index >= 15 is 0 Å². The van der Waals surface area contributed by atoms with Crippen LogP contribution >= 0.6 is 0 Å². The SMILES string of the molecule is Cc1nn(C)c2cc(C#N)cc([N+](=O)[O-])c12. The zero-order valence-corrected chi connectivity index (χ0v) is 8.76. The van der Waals surface area contributed by atoms with Crippen molar-refractivity contribution < 1.29 is 4.92 Å². The Morgan fingerprint density at radius 1 is 1.56 bits per heavy atom. The zero-order valence-electron chi connectivity index (χ0n) is 8.76. The van der Waals surface area contributed by atoms with Crippen molar-refractivity contribution in [3.8, 4) is 6.07 Å². The molecule has 0 radical (unpaired) electrons. The van der Waals surface area contributed by atoms with E-state index in [1.165, 1.54) is 6.07 Å². The van der Waals surface area contributed by atoms with Crippen molar-refractivity contribution in [1.29, 1.82) is 5.26 Å². The van der Waals surface area contributed by atoms with Crippen molar-refractivity contribution in [3.05, 3.63) is 33.5 Å². The summed E-state index contributed by atoms with van der Waals surface area (Å²) in [5, 5.41) is 24.3. The molecule has 2 rings (SSSR count). The molecule has 6 nitrogen and oxygen atoms in total. The molecule has 1 aromatic carbocycles. The van der Waals surface area contributed by atoms with Crippen LogP contribution in [0, 0.1) is 28.4 Å². The van der Waals surface area contributed by atoms with E-state index in [0.29, 0.717) is 16.6 Å². The molecule has 80 valence electrons. The Morgan fingerprint density at radius 3 is 2.81 bits per heavy atom. The summed E-state index contributed by atoms with van der Waals surface area (Å²) < 4.78 is 1.54. The molecular weight excluding hydrogens is 208 g/mol. The first kappa shape index (κ1) is 10.1. The first-order valence-electron chi connectivity index (χ1n) is 4.56. The van der Waals surface area contributed by atoms with Gasteiger partial charge in [-0.3, -0.25) is 14.8 Å². The first-order valence-corrected chi connectivity index (χ1v) is 4.56.